The van der Waals surface area contributed by atoms with Crippen molar-refractivity contribution in [2.75, 3.05) is 0 Å². The largest absolute Gasteiger partial charge is 0.312 e. The first kappa shape index (κ1) is 16.1. The molecule has 96 valence electrons. The Morgan fingerprint density at radius 1 is 1.24 bits per heavy atom. The number of nitro groups is 1. The van der Waals surface area contributed by atoms with E-state index in [1.807, 2.05) is 12.1 Å². The fraction of sp³-hybridized carbons (Fsp3) is 0.500. The van der Waals surface area contributed by atoms with E-state index in [4.69, 9.17) is 0 Å². The first-order valence-corrected chi connectivity index (χ1v) is 5.48. The Labute approximate surface area is 112 Å². The fourth-order valence-electron chi connectivity index (χ4n) is 1.74. The number of hydrogen-bond acceptors (Lipinski definition) is 3. The first-order chi connectivity index (χ1) is 7.49. The van der Waals surface area contributed by atoms with E-state index in [-0.39, 0.29) is 27.6 Å². The minimum atomic E-state index is -0.375. The molecule has 0 aliphatic rings. The molecule has 0 saturated carbocycles. The molecule has 0 amide bonds. The van der Waals surface area contributed by atoms with E-state index in [9.17, 15) is 10.1 Å². The third kappa shape index (κ3) is 5.79. The number of nitrogens with zero attached hydrogens (tertiary/aromatic N) is 1. The normalized spacial score (nSPS) is 12.0. The summed E-state index contributed by atoms with van der Waals surface area (Å²) in [5.74, 6) is 0. The SMILES string of the molecule is Br.CC(C)NC(C)Cc1ccc([N+](=O)[O-])cc1. The second kappa shape index (κ2) is 7.40. The molecule has 0 saturated heterocycles. The monoisotopic (exact) mass is 302 g/mol. The van der Waals surface area contributed by atoms with E-state index in [1.54, 1.807) is 12.1 Å². The van der Waals surface area contributed by atoms with E-state index in [1.165, 1.54) is 0 Å². The molecule has 0 fully saturated rings. The van der Waals surface area contributed by atoms with Crippen molar-refractivity contribution in [2.45, 2.75) is 39.3 Å². The van der Waals surface area contributed by atoms with Gasteiger partial charge >= 0.3 is 0 Å². The van der Waals surface area contributed by atoms with Crippen LogP contribution >= 0.6 is 17.0 Å². The third-order valence-electron chi connectivity index (χ3n) is 2.31. The molecular formula is C12H19BrN2O2. The van der Waals surface area contributed by atoms with Gasteiger partial charge in [0, 0.05) is 24.2 Å². The lowest BCUT2D eigenvalue weighted by atomic mass is 10.1. The second-order valence-electron chi connectivity index (χ2n) is 4.35. The summed E-state index contributed by atoms with van der Waals surface area (Å²) in [4.78, 5) is 10.1. The number of rotatable bonds is 5. The van der Waals surface area contributed by atoms with Crippen molar-refractivity contribution in [1.82, 2.24) is 5.32 Å². The molecule has 0 bridgehead atoms. The van der Waals surface area contributed by atoms with Gasteiger partial charge in [-0.05, 0) is 18.9 Å². The quantitative estimate of drug-likeness (QED) is 0.671. The zero-order valence-electron chi connectivity index (χ0n) is 10.3. The summed E-state index contributed by atoms with van der Waals surface area (Å²) < 4.78 is 0. The van der Waals surface area contributed by atoms with Crippen LogP contribution < -0.4 is 5.32 Å². The van der Waals surface area contributed by atoms with E-state index >= 15 is 0 Å². The summed E-state index contributed by atoms with van der Waals surface area (Å²) in [5.41, 5.74) is 1.26. The summed E-state index contributed by atoms with van der Waals surface area (Å²) in [6.45, 7) is 6.32. The predicted octanol–water partition coefficient (Wildman–Crippen LogP) is 3.10. The molecule has 0 aliphatic heterocycles. The van der Waals surface area contributed by atoms with Crippen LogP contribution in [0.3, 0.4) is 0 Å². The highest BCUT2D eigenvalue weighted by molar-refractivity contribution is 8.93. The average molecular weight is 303 g/mol. The third-order valence-corrected chi connectivity index (χ3v) is 2.31. The topological polar surface area (TPSA) is 55.2 Å². The highest BCUT2D eigenvalue weighted by atomic mass is 79.9. The lowest BCUT2D eigenvalue weighted by Gasteiger charge is -2.16. The van der Waals surface area contributed by atoms with E-state index in [0.717, 1.165) is 12.0 Å². The number of hydrogen-bond donors (Lipinski definition) is 1. The summed E-state index contributed by atoms with van der Waals surface area (Å²) in [5, 5.41) is 13.9. The minimum absolute atomic E-state index is 0. The fourth-order valence-corrected chi connectivity index (χ4v) is 1.74. The Morgan fingerprint density at radius 3 is 2.18 bits per heavy atom. The molecule has 0 spiro atoms. The number of nitro benzene ring substituents is 1. The van der Waals surface area contributed by atoms with Gasteiger partial charge in [0.05, 0.1) is 4.92 Å². The van der Waals surface area contributed by atoms with Crippen LogP contribution in [0.1, 0.15) is 26.3 Å². The van der Waals surface area contributed by atoms with Crippen molar-refractivity contribution < 1.29 is 4.92 Å². The number of halogens is 1. The second-order valence-corrected chi connectivity index (χ2v) is 4.35. The molecule has 5 heteroatoms. The molecule has 1 aromatic rings. The molecule has 0 aliphatic carbocycles. The van der Waals surface area contributed by atoms with Crippen molar-refractivity contribution in [3.05, 3.63) is 39.9 Å². The predicted molar refractivity (Wildman–Crippen MR) is 74.9 cm³/mol. The molecule has 1 aromatic carbocycles. The summed E-state index contributed by atoms with van der Waals surface area (Å²) in [6.07, 6.45) is 0.885. The van der Waals surface area contributed by atoms with E-state index in [0.29, 0.717) is 12.1 Å². The number of non-ortho nitro benzene ring substituents is 1. The molecule has 1 atom stereocenters. The van der Waals surface area contributed by atoms with Crippen LogP contribution in [0.2, 0.25) is 0 Å². The molecule has 0 aromatic heterocycles. The van der Waals surface area contributed by atoms with Crippen LogP contribution in [0.4, 0.5) is 5.69 Å². The van der Waals surface area contributed by atoms with Gasteiger partial charge in [-0.15, -0.1) is 17.0 Å². The highest BCUT2D eigenvalue weighted by Gasteiger charge is 2.07. The summed E-state index contributed by atoms with van der Waals surface area (Å²) >= 11 is 0. The van der Waals surface area contributed by atoms with Gasteiger partial charge in [-0.3, -0.25) is 10.1 Å². The standard InChI is InChI=1S/C12H18N2O2.BrH/c1-9(2)13-10(3)8-11-4-6-12(7-5-11)14(15)16;/h4-7,9-10,13H,8H2,1-3H3;1H. The lowest BCUT2D eigenvalue weighted by Crippen LogP contribution is -2.33. The maximum absolute atomic E-state index is 10.5. The molecule has 1 N–H and O–H groups in total. The highest BCUT2D eigenvalue weighted by Crippen LogP contribution is 2.13. The Morgan fingerprint density at radius 2 is 1.76 bits per heavy atom. The molecule has 17 heavy (non-hydrogen) atoms. The molecule has 0 heterocycles. The van der Waals surface area contributed by atoms with Crippen molar-refractivity contribution >= 4 is 22.7 Å². The Hall–Kier alpha value is -0.940. The molecule has 1 rings (SSSR count). The average Bonchev–Trinajstić information content (AvgIpc) is 2.16. The van der Waals surface area contributed by atoms with Crippen molar-refractivity contribution in [1.29, 1.82) is 0 Å². The maximum Gasteiger partial charge on any atom is 0.269 e. The molecule has 1 unspecified atom stereocenters. The molecule has 0 radical (unpaired) electrons. The van der Waals surface area contributed by atoms with Crippen LogP contribution in [-0.4, -0.2) is 17.0 Å². The Balaban J connectivity index is 0.00000256. The van der Waals surface area contributed by atoms with Crippen LogP contribution in [-0.2, 0) is 6.42 Å². The summed E-state index contributed by atoms with van der Waals surface area (Å²) in [6, 6.07) is 7.57. The Kier molecular flexibility index (Phi) is 6.99. The van der Waals surface area contributed by atoms with E-state index in [2.05, 4.69) is 26.1 Å². The van der Waals surface area contributed by atoms with Gasteiger partial charge in [-0.1, -0.05) is 26.0 Å². The van der Waals surface area contributed by atoms with Gasteiger partial charge < -0.3 is 5.32 Å². The van der Waals surface area contributed by atoms with Crippen LogP contribution in [0, 0.1) is 10.1 Å². The molecular weight excluding hydrogens is 284 g/mol. The van der Waals surface area contributed by atoms with Crippen LogP contribution in [0.25, 0.3) is 0 Å². The smallest absolute Gasteiger partial charge is 0.269 e. The van der Waals surface area contributed by atoms with Crippen molar-refractivity contribution in [2.24, 2.45) is 0 Å². The number of benzene rings is 1. The van der Waals surface area contributed by atoms with E-state index < -0.39 is 0 Å². The van der Waals surface area contributed by atoms with Gasteiger partial charge in [0.25, 0.3) is 5.69 Å². The van der Waals surface area contributed by atoms with Gasteiger partial charge in [-0.25, -0.2) is 0 Å². The lowest BCUT2D eigenvalue weighted by molar-refractivity contribution is -0.384. The van der Waals surface area contributed by atoms with Crippen LogP contribution in [0.15, 0.2) is 24.3 Å². The van der Waals surface area contributed by atoms with Crippen molar-refractivity contribution in [3.63, 3.8) is 0 Å². The maximum atomic E-state index is 10.5. The molecule has 4 nitrogen and oxygen atoms in total. The number of nitrogens with one attached hydrogen (secondary N) is 1. The first-order valence-electron chi connectivity index (χ1n) is 5.48. The Bertz CT molecular complexity index is 352. The zero-order chi connectivity index (χ0) is 12.1. The van der Waals surface area contributed by atoms with Gasteiger partial charge in [-0.2, -0.15) is 0 Å². The van der Waals surface area contributed by atoms with Gasteiger partial charge in [0.1, 0.15) is 0 Å². The zero-order valence-corrected chi connectivity index (χ0v) is 12.1. The minimum Gasteiger partial charge on any atom is -0.312 e. The van der Waals surface area contributed by atoms with Crippen molar-refractivity contribution in [3.8, 4) is 0 Å². The van der Waals surface area contributed by atoms with Crippen LogP contribution in [0.5, 0.6) is 0 Å². The van der Waals surface area contributed by atoms with Gasteiger partial charge in [0.15, 0.2) is 0 Å². The van der Waals surface area contributed by atoms with Gasteiger partial charge in [0.2, 0.25) is 0 Å². The summed E-state index contributed by atoms with van der Waals surface area (Å²) in [7, 11) is 0.